The van der Waals surface area contributed by atoms with Gasteiger partial charge in [0.1, 0.15) is 5.75 Å². The first kappa shape index (κ1) is 9.84. The van der Waals surface area contributed by atoms with Crippen LogP contribution in [0.1, 0.15) is 22.1 Å². The second kappa shape index (κ2) is 3.90. The Morgan fingerprint density at radius 1 is 1.18 bits per heavy atom. The van der Waals surface area contributed by atoms with Crippen molar-refractivity contribution in [3.63, 3.8) is 0 Å². The zero-order valence-corrected chi connectivity index (χ0v) is 8.96. The van der Waals surface area contributed by atoms with Crippen molar-refractivity contribution in [1.29, 1.82) is 0 Å². The standard InChI is InChI=1S/C13H10N2O2/c16-12-10-5-1-2-6-11(10)17-13(15-12)9-4-3-7-14-8-9/h1-8,13H,(H,15,16). The van der Waals surface area contributed by atoms with Gasteiger partial charge in [-0.1, -0.05) is 18.2 Å². The molecule has 0 spiro atoms. The van der Waals surface area contributed by atoms with Gasteiger partial charge in [-0.3, -0.25) is 9.78 Å². The molecular formula is C13H10N2O2. The summed E-state index contributed by atoms with van der Waals surface area (Å²) in [5, 5.41) is 2.79. The number of nitrogens with zero attached hydrogens (tertiary/aromatic N) is 1. The lowest BCUT2D eigenvalue weighted by Crippen LogP contribution is -2.36. The van der Waals surface area contributed by atoms with E-state index >= 15 is 0 Å². The fourth-order valence-corrected chi connectivity index (χ4v) is 1.79. The van der Waals surface area contributed by atoms with Crippen LogP contribution in [0.2, 0.25) is 0 Å². The lowest BCUT2D eigenvalue weighted by Gasteiger charge is -2.26. The predicted octanol–water partition coefficient (Wildman–Crippen LogP) is 1.90. The number of amides is 1. The minimum atomic E-state index is -0.467. The Morgan fingerprint density at radius 3 is 2.88 bits per heavy atom. The summed E-state index contributed by atoms with van der Waals surface area (Å²) in [5.74, 6) is 0.478. The molecule has 4 heteroatoms. The average Bonchev–Trinajstić information content (AvgIpc) is 2.40. The topological polar surface area (TPSA) is 51.2 Å². The van der Waals surface area contributed by atoms with E-state index in [-0.39, 0.29) is 5.91 Å². The van der Waals surface area contributed by atoms with Crippen molar-refractivity contribution >= 4 is 5.91 Å². The number of carbonyl (C=O) groups excluding carboxylic acids is 1. The molecule has 0 bridgehead atoms. The highest BCUT2D eigenvalue weighted by Crippen LogP contribution is 2.28. The van der Waals surface area contributed by atoms with Crippen molar-refractivity contribution < 1.29 is 9.53 Å². The van der Waals surface area contributed by atoms with E-state index in [9.17, 15) is 4.79 Å². The molecule has 1 N–H and O–H groups in total. The van der Waals surface area contributed by atoms with E-state index in [1.807, 2.05) is 24.3 Å². The summed E-state index contributed by atoms with van der Waals surface area (Å²) < 4.78 is 5.72. The molecule has 1 aliphatic heterocycles. The van der Waals surface area contributed by atoms with Crippen LogP contribution in [0.5, 0.6) is 5.75 Å². The summed E-state index contributed by atoms with van der Waals surface area (Å²) in [7, 11) is 0. The van der Waals surface area contributed by atoms with Crippen LogP contribution in [0.4, 0.5) is 0 Å². The van der Waals surface area contributed by atoms with Crippen LogP contribution in [0.15, 0.2) is 48.8 Å². The number of nitrogens with one attached hydrogen (secondary N) is 1. The third kappa shape index (κ3) is 1.73. The highest BCUT2D eigenvalue weighted by Gasteiger charge is 2.25. The van der Waals surface area contributed by atoms with E-state index in [4.69, 9.17) is 4.74 Å². The fraction of sp³-hybridized carbons (Fsp3) is 0.0769. The number of rotatable bonds is 1. The SMILES string of the molecule is O=C1NC(c2cccnc2)Oc2ccccc21. The van der Waals surface area contributed by atoms with E-state index in [1.165, 1.54) is 0 Å². The highest BCUT2D eigenvalue weighted by atomic mass is 16.5. The number of carbonyl (C=O) groups is 1. The number of fused-ring (bicyclic) bond motifs is 1. The molecule has 84 valence electrons. The minimum Gasteiger partial charge on any atom is -0.465 e. The zero-order valence-electron chi connectivity index (χ0n) is 8.96. The molecule has 17 heavy (non-hydrogen) atoms. The van der Waals surface area contributed by atoms with Gasteiger partial charge in [0.2, 0.25) is 0 Å². The molecule has 4 nitrogen and oxygen atoms in total. The van der Waals surface area contributed by atoms with Gasteiger partial charge in [-0.25, -0.2) is 0 Å². The molecule has 1 aromatic carbocycles. The van der Waals surface area contributed by atoms with Gasteiger partial charge in [-0.05, 0) is 18.2 Å². The van der Waals surface area contributed by atoms with Gasteiger partial charge < -0.3 is 10.1 Å². The van der Waals surface area contributed by atoms with Crippen LogP contribution in [0.25, 0.3) is 0 Å². The Kier molecular flexibility index (Phi) is 2.26. The van der Waals surface area contributed by atoms with Crippen molar-refractivity contribution in [2.75, 3.05) is 0 Å². The lowest BCUT2D eigenvalue weighted by atomic mass is 10.1. The smallest absolute Gasteiger partial charge is 0.258 e. The maximum absolute atomic E-state index is 11.9. The first-order valence-electron chi connectivity index (χ1n) is 5.31. The summed E-state index contributed by atoms with van der Waals surface area (Å²) in [4.78, 5) is 15.9. The van der Waals surface area contributed by atoms with Gasteiger partial charge in [0.15, 0.2) is 6.23 Å². The molecular weight excluding hydrogens is 216 g/mol. The van der Waals surface area contributed by atoms with Crippen molar-refractivity contribution in [1.82, 2.24) is 10.3 Å². The van der Waals surface area contributed by atoms with Gasteiger partial charge in [-0.15, -0.1) is 0 Å². The van der Waals surface area contributed by atoms with Crippen molar-refractivity contribution in [3.05, 3.63) is 59.9 Å². The minimum absolute atomic E-state index is 0.124. The Balaban J connectivity index is 1.97. The van der Waals surface area contributed by atoms with Crippen LogP contribution < -0.4 is 10.1 Å². The molecule has 0 saturated heterocycles. The predicted molar refractivity (Wildman–Crippen MR) is 61.5 cm³/mol. The van der Waals surface area contributed by atoms with E-state index < -0.39 is 6.23 Å². The Morgan fingerprint density at radius 2 is 2.06 bits per heavy atom. The first-order chi connectivity index (χ1) is 8.34. The largest absolute Gasteiger partial charge is 0.465 e. The van der Waals surface area contributed by atoms with Crippen LogP contribution in [0.3, 0.4) is 0 Å². The van der Waals surface area contributed by atoms with Crippen LogP contribution in [-0.2, 0) is 0 Å². The molecule has 1 atom stereocenters. The molecule has 2 aromatic rings. The number of pyridine rings is 1. The molecule has 3 rings (SSSR count). The third-order valence-electron chi connectivity index (χ3n) is 2.63. The van der Waals surface area contributed by atoms with Crippen molar-refractivity contribution in [3.8, 4) is 5.75 Å². The van der Waals surface area contributed by atoms with E-state index in [0.29, 0.717) is 11.3 Å². The normalized spacial score (nSPS) is 17.9. The molecule has 0 aliphatic carbocycles. The third-order valence-corrected chi connectivity index (χ3v) is 2.63. The Hall–Kier alpha value is -2.36. The summed E-state index contributed by atoms with van der Waals surface area (Å²) in [6.45, 7) is 0. The number of aromatic nitrogens is 1. The quantitative estimate of drug-likeness (QED) is 0.808. The lowest BCUT2D eigenvalue weighted by molar-refractivity contribution is 0.0755. The van der Waals surface area contributed by atoms with Gasteiger partial charge >= 0.3 is 0 Å². The molecule has 1 aliphatic rings. The summed E-state index contributed by atoms with van der Waals surface area (Å²) in [6, 6.07) is 10.9. The number of benzene rings is 1. The number of para-hydroxylation sites is 1. The van der Waals surface area contributed by atoms with Crippen LogP contribution in [-0.4, -0.2) is 10.9 Å². The summed E-state index contributed by atoms with van der Waals surface area (Å²) in [6.07, 6.45) is 2.90. The molecule has 0 saturated carbocycles. The Labute approximate surface area is 98.3 Å². The maximum atomic E-state index is 11.9. The van der Waals surface area contributed by atoms with Crippen molar-refractivity contribution in [2.24, 2.45) is 0 Å². The van der Waals surface area contributed by atoms with Gasteiger partial charge in [0, 0.05) is 18.0 Å². The number of hydrogen-bond donors (Lipinski definition) is 1. The maximum Gasteiger partial charge on any atom is 0.258 e. The molecule has 1 aromatic heterocycles. The second-order valence-electron chi connectivity index (χ2n) is 3.75. The monoisotopic (exact) mass is 226 g/mol. The van der Waals surface area contributed by atoms with Crippen molar-refractivity contribution in [2.45, 2.75) is 6.23 Å². The number of hydrogen-bond acceptors (Lipinski definition) is 3. The van der Waals surface area contributed by atoms with E-state index in [1.54, 1.807) is 24.5 Å². The van der Waals surface area contributed by atoms with E-state index in [2.05, 4.69) is 10.3 Å². The van der Waals surface area contributed by atoms with Crippen LogP contribution in [0, 0.1) is 0 Å². The van der Waals surface area contributed by atoms with Crippen LogP contribution >= 0.6 is 0 Å². The fourth-order valence-electron chi connectivity index (χ4n) is 1.79. The summed E-state index contributed by atoms with van der Waals surface area (Å²) in [5.41, 5.74) is 1.39. The first-order valence-corrected chi connectivity index (χ1v) is 5.31. The summed E-state index contributed by atoms with van der Waals surface area (Å²) >= 11 is 0. The molecule has 0 fully saturated rings. The number of ether oxygens (including phenoxy) is 1. The van der Waals surface area contributed by atoms with Gasteiger partial charge in [0.05, 0.1) is 5.56 Å². The molecule has 1 amide bonds. The van der Waals surface area contributed by atoms with Gasteiger partial charge in [0.25, 0.3) is 5.91 Å². The second-order valence-corrected chi connectivity index (χ2v) is 3.75. The van der Waals surface area contributed by atoms with E-state index in [0.717, 1.165) is 5.56 Å². The average molecular weight is 226 g/mol. The molecule has 2 heterocycles. The molecule has 0 radical (unpaired) electrons. The highest BCUT2D eigenvalue weighted by molar-refractivity contribution is 5.97. The molecule has 1 unspecified atom stereocenters. The Bertz CT molecular complexity index is 554. The zero-order chi connectivity index (χ0) is 11.7. The van der Waals surface area contributed by atoms with Gasteiger partial charge in [-0.2, -0.15) is 0 Å².